The van der Waals surface area contributed by atoms with Crippen molar-refractivity contribution >= 4 is 34.7 Å². The fraction of sp³-hybridized carbons (Fsp3) is 0.650. The van der Waals surface area contributed by atoms with E-state index in [4.69, 9.17) is 17.2 Å². The van der Waals surface area contributed by atoms with Crippen LogP contribution in [0.15, 0.2) is 6.33 Å². The number of unbranched alkanes of at least 4 members (excludes halogenated alkanes) is 1. The zero-order chi connectivity index (χ0) is 24.3. The third-order valence-corrected chi connectivity index (χ3v) is 5.93. The van der Waals surface area contributed by atoms with Gasteiger partial charge < -0.3 is 42.2 Å². The molecule has 0 spiro atoms. The van der Waals surface area contributed by atoms with Crippen molar-refractivity contribution in [1.82, 2.24) is 29.7 Å². The van der Waals surface area contributed by atoms with Crippen LogP contribution in [-0.4, -0.2) is 83.8 Å². The van der Waals surface area contributed by atoms with Crippen LogP contribution >= 0.6 is 0 Å². The highest BCUT2D eigenvalue weighted by Crippen LogP contribution is 2.34. The number of β-amino-alcohol motifs (C(OH)–C–C–N with tert-alkyl or cyclic N) is 1. The van der Waals surface area contributed by atoms with Crippen LogP contribution in [0.25, 0.3) is 11.2 Å². The van der Waals surface area contributed by atoms with Gasteiger partial charge in [0.25, 0.3) is 0 Å². The minimum Gasteiger partial charge on any atom is -0.391 e. The average molecular weight is 464 g/mol. The first kappa shape index (κ1) is 24.6. The number of hydrogen-bond acceptors (Lipinski definition) is 10. The zero-order valence-corrected chi connectivity index (χ0v) is 18.9. The van der Waals surface area contributed by atoms with Gasteiger partial charge in [0.1, 0.15) is 11.6 Å². The number of nitrogen functional groups attached to an aromatic ring is 2. The monoisotopic (exact) mass is 463 g/mol. The molecule has 33 heavy (non-hydrogen) atoms. The summed E-state index contributed by atoms with van der Waals surface area (Å²) in [4.78, 5) is 39.0. The van der Waals surface area contributed by atoms with Gasteiger partial charge in [0.05, 0.1) is 24.1 Å². The Morgan fingerprint density at radius 2 is 2.03 bits per heavy atom. The Hall–Kier alpha value is -3.03. The minimum atomic E-state index is -1.42. The van der Waals surface area contributed by atoms with Crippen molar-refractivity contribution in [2.24, 2.45) is 5.73 Å². The van der Waals surface area contributed by atoms with Crippen molar-refractivity contribution in [3.05, 3.63) is 6.33 Å². The van der Waals surface area contributed by atoms with Crippen LogP contribution in [0, 0.1) is 0 Å². The van der Waals surface area contributed by atoms with Gasteiger partial charge in [-0.3, -0.25) is 9.59 Å². The van der Waals surface area contributed by atoms with E-state index in [0.717, 1.165) is 0 Å². The number of carbonyl (C=O) groups is 2. The first-order valence-corrected chi connectivity index (χ1v) is 11.0. The number of nitrogens with one attached hydrogen (secondary N) is 1. The van der Waals surface area contributed by atoms with Gasteiger partial charge in [0, 0.05) is 26.4 Å². The molecule has 3 rings (SSSR count). The van der Waals surface area contributed by atoms with Crippen molar-refractivity contribution < 1.29 is 19.8 Å². The Labute approximate surface area is 191 Å². The molecule has 4 atom stereocenters. The highest BCUT2D eigenvalue weighted by atomic mass is 16.3. The summed E-state index contributed by atoms with van der Waals surface area (Å²) in [5.74, 6) is -0.623. The second kappa shape index (κ2) is 9.85. The molecule has 1 aliphatic rings. The van der Waals surface area contributed by atoms with Gasteiger partial charge in [0.2, 0.25) is 17.8 Å². The number of carbonyl (C=O) groups excluding carboxylic acids is 2. The Morgan fingerprint density at radius 1 is 1.30 bits per heavy atom. The molecule has 1 aliphatic heterocycles. The average Bonchev–Trinajstić information content (AvgIpc) is 3.07. The van der Waals surface area contributed by atoms with Gasteiger partial charge in [-0.2, -0.15) is 9.97 Å². The molecule has 2 aromatic rings. The summed E-state index contributed by atoms with van der Waals surface area (Å²) < 4.78 is 1.60. The molecular weight excluding hydrogens is 430 g/mol. The van der Waals surface area contributed by atoms with E-state index in [1.54, 1.807) is 11.5 Å². The van der Waals surface area contributed by atoms with Crippen LogP contribution in [0.3, 0.4) is 0 Å². The molecule has 0 aromatic carbocycles. The van der Waals surface area contributed by atoms with Crippen LogP contribution in [-0.2, 0) is 9.59 Å². The molecule has 0 aliphatic carbocycles. The van der Waals surface area contributed by atoms with E-state index in [-0.39, 0.29) is 43.1 Å². The molecule has 0 radical (unpaired) electrons. The zero-order valence-electron chi connectivity index (χ0n) is 18.9. The minimum absolute atomic E-state index is 0.00431. The van der Waals surface area contributed by atoms with Crippen LogP contribution in [0.1, 0.15) is 45.6 Å². The van der Waals surface area contributed by atoms with E-state index in [0.29, 0.717) is 37.0 Å². The highest BCUT2D eigenvalue weighted by molar-refractivity contribution is 5.87. The molecule has 1 saturated heterocycles. The Bertz CT molecular complexity index is 1010. The highest BCUT2D eigenvalue weighted by Gasteiger charge is 2.43. The van der Waals surface area contributed by atoms with Crippen LogP contribution in [0.4, 0.5) is 11.8 Å². The van der Waals surface area contributed by atoms with E-state index in [1.165, 1.54) is 18.2 Å². The van der Waals surface area contributed by atoms with Gasteiger partial charge in [-0.05, 0) is 32.7 Å². The summed E-state index contributed by atoms with van der Waals surface area (Å²) in [6.07, 6.45) is 2.28. The number of aliphatic hydroxyl groups is 2. The maximum Gasteiger partial charge on any atom is 0.245 e. The molecule has 0 saturated carbocycles. The maximum absolute atomic E-state index is 13.4. The molecule has 1 fully saturated rings. The number of fused-ring (bicyclic) bond motifs is 1. The predicted molar refractivity (Wildman–Crippen MR) is 122 cm³/mol. The molecule has 3 heterocycles. The lowest BCUT2D eigenvalue weighted by atomic mass is 9.91. The third kappa shape index (κ3) is 5.49. The summed E-state index contributed by atoms with van der Waals surface area (Å²) in [5, 5.41) is 24.6. The molecule has 13 nitrogen and oxygen atoms in total. The fourth-order valence-electron chi connectivity index (χ4n) is 4.38. The SMILES string of the molecule is CC(=O)N[C@@H](CCCCN)C(=O)N1C[C@@H](O)C[C@@](C)(O)[C@H](n2cnc3c(N)nc(N)nc32)C1. The van der Waals surface area contributed by atoms with Crippen LogP contribution in [0.2, 0.25) is 0 Å². The van der Waals surface area contributed by atoms with Crippen molar-refractivity contribution in [2.75, 3.05) is 31.1 Å². The summed E-state index contributed by atoms with van der Waals surface area (Å²) in [6, 6.07) is -1.49. The second-order valence-corrected chi connectivity index (χ2v) is 8.80. The summed E-state index contributed by atoms with van der Waals surface area (Å²) >= 11 is 0. The topological polar surface area (TPSA) is 212 Å². The molecule has 13 heteroatoms. The third-order valence-electron chi connectivity index (χ3n) is 5.93. The first-order chi connectivity index (χ1) is 15.5. The molecule has 9 N–H and O–H groups in total. The fourth-order valence-corrected chi connectivity index (χ4v) is 4.38. The van der Waals surface area contributed by atoms with Crippen molar-refractivity contribution in [3.8, 4) is 0 Å². The van der Waals surface area contributed by atoms with E-state index in [9.17, 15) is 19.8 Å². The van der Waals surface area contributed by atoms with E-state index >= 15 is 0 Å². The van der Waals surface area contributed by atoms with Gasteiger partial charge in [-0.15, -0.1) is 0 Å². The number of likely N-dealkylation sites (tertiary alicyclic amines) is 1. The molecule has 2 amide bonds. The van der Waals surface area contributed by atoms with E-state index in [1.807, 2.05) is 0 Å². The molecule has 0 bridgehead atoms. The van der Waals surface area contributed by atoms with Gasteiger partial charge >= 0.3 is 0 Å². The van der Waals surface area contributed by atoms with Crippen molar-refractivity contribution in [3.63, 3.8) is 0 Å². The lowest BCUT2D eigenvalue weighted by Gasteiger charge is -2.34. The number of imidazole rings is 1. The first-order valence-electron chi connectivity index (χ1n) is 11.0. The predicted octanol–water partition coefficient (Wildman–Crippen LogP) is -1.49. The number of aliphatic hydroxyl groups excluding tert-OH is 1. The van der Waals surface area contributed by atoms with Gasteiger partial charge in [0.15, 0.2) is 11.5 Å². The molecule has 2 aromatic heterocycles. The lowest BCUT2D eigenvalue weighted by Crippen LogP contribution is -2.51. The number of hydrogen-bond donors (Lipinski definition) is 6. The number of anilines is 2. The standard InChI is InChI=1S/C20H33N9O4/c1-11(30)25-13(5-3-4-6-21)18(32)28-8-12(31)7-20(2,33)14(9-28)29-10-24-15-16(22)26-19(23)27-17(15)29/h10,12-14,31,33H,3-9,21H2,1-2H3,(H,25,30)(H4,22,23,26,27)/t12-,13-,14+,20+/m0/s1. The van der Waals surface area contributed by atoms with Crippen molar-refractivity contribution in [2.45, 2.75) is 63.3 Å². The molecule has 0 unspecified atom stereocenters. The number of amides is 2. The molecular formula is C20H33N9O4. The summed E-state index contributed by atoms with van der Waals surface area (Å²) in [6.45, 7) is 3.47. The van der Waals surface area contributed by atoms with Gasteiger partial charge in [-0.1, -0.05) is 0 Å². The Kier molecular flexibility index (Phi) is 7.34. The molecule has 182 valence electrons. The van der Waals surface area contributed by atoms with Crippen molar-refractivity contribution in [1.29, 1.82) is 0 Å². The lowest BCUT2D eigenvalue weighted by molar-refractivity contribution is -0.137. The number of nitrogens with two attached hydrogens (primary N) is 3. The quantitative estimate of drug-likeness (QED) is 0.262. The summed E-state index contributed by atoms with van der Waals surface area (Å²) in [5.41, 5.74) is 16.5. The smallest absolute Gasteiger partial charge is 0.245 e. The number of aromatic nitrogens is 4. The maximum atomic E-state index is 13.4. The van der Waals surface area contributed by atoms with Crippen LogP contribution in [0.5, 0.6) is 0 Å². The number of rotatable bonds is 7. The second-order valence-electron chi connectivity index (χ2n) is 8.80. The Balaban J connectivity index is 1.96. The van der Waals surface area contributed by atoms with Crippen LogP contribution < -0.4 is 22.5 Å². The van der Waals surface area contributed by atoms with Gasteiger partial charge in [-0.25, -0.2) is 4.98 Å². The Morgan fingerprint density at radius 3 is 2.70 bits per heavy atom. The van der Waals surface area contributed by atoms with E-state index in [2.05, 4.69) is 20.3 Å². The summed E-state index contributed by atoms with van der Waals surface area (Å²) in [7, 11) is 0. The van der Waals surface area contributed by atoms with E-state index < -0.39 is 23.8 Å². The largest absolute Gasteiger partial charge is 0.391 e. The normalized spacial score (nSPS) is 24.5. The number of nitrogens with zero attached hydrogens (tertiary/aromatic N) is 5.